The van der Waals surface area contributed by atoms with Crippen LogP contribution in [0.4, 0.5) is 0 Å². The second kappa shape index (κ2) is 8.62. The van der Waals surface area contributed by atoms with Crippen molar-refractivity contribution >= 4 is 15.9 Å². The molecule has 0 radical (unpaired) electrons. The first-order valence-electron chi connectivity index (χ1n) is 9.86. The van der Waals surface area contributed by atoms with Crippen molar-refractivity contribution in [1.29, 1.82) is 0 Å². The van der Waals surface area contributed by atoms with Crippen LogP contribution in [0.3, 0.4) is 0 Å². The lowest BCUT2D eigenvalue weighted by Gasteiger charge is -2.34. The van der Waals surface area contributed by atoms with Crippen molar-refractivity contribution in [2.45, 2.75) is 76.9 Å². The smallest absolute Gasteiger partial charge is 0.273 e. The molecule has 0 bridgehead atoms. The van der Waals surface area contributed by atoms with Gasteiger partial charge in [0.1, 0.15) is 10.6 Å². The fraction of sp³-hybridized carbons (Fsp3) is 0.667. The molecule has 0 unspecified atom stereocenters. The van der Waals surface area contributed by atoms with E-state index in [1.54, 1.807) is 29.0 Å². The minimum Gasteiger partial charge on any atom is -0.360 e. The molecule has 1 saturated heterocycles. The van der Waals surface area contributed by atoms with E-state index in [0.29, 0.717) is 31.0 Å². The summed E-state index contributed by atoms with van der Waals surface area (Å²) in [5.74, 6) is 0.0374. The number of amides is 1. The quantitative estimate of drug-likeness (QED) is 0.717. The highest BCUT2D eigenvalue weighted by Gasteiger charge is 2.37. The highest BCUT2D eigenvalue weighted by atomic mass is 32.2. The van der Waals surface area contributed by atoms with Gasteiger partial charge in [0, 0.05) is 25.2 Å². The van der Waals surface area contributed by atoms with Crippen LogP contribution < -0.4 is 5.32 Å². The molecule has 3 rings (SSSR count). The Balaban J connectivity index is 1.71. The third-order valence-corrected chi connectivity index (χ3v) is 7.19. The third-order valence-electron chi connectivity index (χ3n) is 4.99. The maximum absolute atomic E-state index is 13.2. The van der Waals surface area contributed by atoms with E-state index in [4.69, 9.17) is 4.52 Å². The average Bonchev–Trinajstić information content (AvgIpc) is 3.26. The number of nitrogens with zero attached hydrogens (tertiary/aromatic N) is 5. The van der Waals surface area contributed by atoms with Crippen LogP contribution in [-0.4, -0.2) is 57.4 Å². The Morgan fingerprint density at radius 1 is 1.34 bits per heavy atom. The zero-order valence-electron chi connectivity index (χ0n) is 17.3. The average molecular weight is 425 g/mol. The van der Waals surface area contributed by atoms with Gasteiger partial charge in [-0.25, -0.2) is 8.42 Å². The summed E-state index contributed by atoms with van der Waals surface area (Å²) < 4.78 is 34.7. The maximum atomic E-state index is 13.2. The fourth-order valence-corrected chi connectivity index (χ4v) is 5.69. The van der Waals surface area contributed by atoms with Crippen LogP contribution in [0.2, 0.25) is 0 Å². The lowest BCUT2D eigenvalue weighted by atomic mass is 10.0. The number of carbonyl (C=O) groups is 1. The molecule has 1 atom stereocenters. The number of hydrogen-bond acceptors (Lipinski definition) is 7. The number of hydrogen-bond donors (Lipinski definition) is 1. The van der Waals surface area contributed by atoms with Gasteiger partial charge in [-0.15, -0.1) is 5.10 Å². The Morgan fingerprint density at radius 3 is 2.76 bits per heavy atom. The van der Waals surface area contributed by atoms with Crippen LogP contribution in [0.1, 0.15) is 61.5 Å². The molecule has 1 N–H and O–H groups in total. The largest absolute Gasteiger partial charge is 0.360 e. The minimum atomic E-state index is -3.69. The van der Waals surface area contributed by atoms with Crippen molar-refractivity contribution in [3.05, 3.63) is 23.3 Å². The standard InChI is InChI=1S/C18H28N6O4S/c1-12(2)19-18(25)16-11-23(22-20-16)10-8-15-7-5-6-9-24(15)29(26,27)17-13(3)21-28-14(17)4/h11-12,15H,5-10H2,1-4H3,(H,19,25)/t15-/m1/s1. The van der Waals surface area contributed by atoms with E-state index in [2.05, 4.69) is 20.8 Å². The second-order valence-corrected chi connectivity index (χ2v) is 9.53. The summed E-state index contributed by atoms with van der Waals surface area (Å²) in [5.41, 5.74) is 0.631. The molecule has 2 aromatic rings. The topological polar surface area (TPSA) is 123 Å². The van der Waals surface area contributed by atoms with Crippen molar-refractivity contribution in [3.8, 4) is 0 Å². The second-order valence-electron chi connectivity index (χ2n) is 7.70. The molecule has 0 aromatic carbocycles. The van der Waals surface area contributed by atoms with Crippen molar-refractivity contribution < 1.29 is 17.7 Å². The van der Waals surface area contributed by atoms with Crippen molar-refractivity contribution in [2.24, 2.45) is 0 Å². The Hall–Kier alpha value is -2.27. The van der Waals surface area contributed by atoms with E-state index in [9.17, 15) is 13.2 Å². The molecule has 0 saturated carbocycles. The number of rotatable bonds is 7. The summed E-state index contributed by atoms with van der Waals surface area (Å²) in [7, 11) is -3.69. The van der Waals surface area contributed by atoms with Gasteiger partial charge in [-0.2, -0.15) is 4.31 Å². The zero-order chi connectivity index (χ0) is 21.2. The summed E-state index contributed by atoms with van der Waals surface area (Å²) in [4.78, 5) is 12.2. The van der Waals surface area contributed by atoms with Crippen LogP contribution in [-0.2, 0) is 16.6 Å². The van der Waals surface area contributed by atoms with Gasteiger partial charge in [-0.3, -0.25) is 9.48 Å². The summed E-state index contributed by atoms with van der Waals surface area (Å²) in [5, 5.41) is 14.5. The molecule has 160 valence electrons. The number of aromatic nitrogens is 4. The first-order valence-corrected chi connectivity index (χ1v) is 11.3. The summed E-state index contributed by atoms with van der Waals surface area (Å²) in [6, 6.07) is -0.141. The summed E-state index contributed by atoms with van der Waals surface area (Å²) in [6.07, 6.45) is 4.74. The van der Waals surface area contributed by atoms with Crippen LogP contribution in [0.25, 0.3) is 0 Å². The molecular weight excluding hydrogens is 396 g/mol. The molecule has 1 aliphatic heterocycles. The monoisotopic (exact) mass is 424 g/mol. The Morgan fingerprint density at radius 2 is 2.10 bits per heavy atom. The molecular formula is C18H28N6O4S. The van der Waals surface area contributed by atoms with Gasteiger partial charge in [0.2, 0.25) is 10.0 Å². The van der Waals surface area contributed by atoms with Crippen LogP contribution in [0.5, 0.6) is 0 Å². The molecule has 1 aliphatic rings. The van der Waals surface area contributed by atoms with Crippen LogP contribution >= 0.6 is 0 Å². The van der Waals surface area contributed by atoms with Gasteiger partial charge in [-0.1, -0.05) is 16.8 Å². The van der Waals surface area contributed by atoms with E-state index < -0.39 is 10.0 Å². The minimum absolute atomic E-state index is 0.0120. The van der Waals surface area contributed by atoms with Gasteiger partial charge < -0.3 is 9.84 Å². The molecule has 10 nitrogen and oxygen atoms in total. The van der Waals surface area contributed by atoms with E-state index in [-0.39, 0.29) is 28.6 Å². The first-order chi connectivity index (χ1) is 13.7. The third kappa shape index (κ3) is 4.67. The fourth-order valence-electron chi connectivity index (χ4n) is 3.67. The van der Waals surface area contributed by atoms with Gasteiger partial charge in [0.05, 0.1) is 6.20 Å². The van der Waals surface area contributed by atoms with Crippen LogP contribution in [0.15, 0.2) is 15.6 Å². The molecule has 1 amide bonds. The molecule has 0 spiro atoms. The van der Waals surface area contributed by atoms with Gasteiger partial charge in [0.15, 0.2) is 11.5 Å². The zero-order valence-corrected chi connectivity index (χ0v) is 18.1. The highest BCUT2D eigenvalue weighted by Crippen LogP contribution is 2.30. The number of aryl methyl sites for hydroxylation is 3. The van der Waals surface area contributed by atoms with Crippen LogP contribution in [0, 0.1) is 13.8 Å². The van der Waals surface area contributed by atoms with Crippen molar-refractivity contribution in [3.63, 3.8) is 0 Å². The number of carbonyl (C=O) groups excluding carboxylic acids is 1. The molecule has 1 fully saturated rings. The lowest BCUT2D eigenvalue weighted by Crippen LogP contribution is -2.44. The van der Waals surface area contributed by atoms with E-state index in [1.165, 1.54) is 0 Å². The molecule has 29 heavy (non-hydrogen) atoms. The SMILES string of the molecule is Cc1noc(C)c1S(=O)(=O)N1CCCC[C@@H]1CCn1cc(C(=O)NC(C)C)nn1. The molecule has 11 heteroatoms. The van der Waals surface area contributed by atoms with Crippen molar-refractivity contribution in [1.82, 2.24) is 29.8 Å². The summed E-state index contributed by atoms with van der Waals surface area (Å²) >= 11 is 0. The first kappa shape index (κ1) is 21.4. The predicted octanol–water partition coefficient (Wildman–Crippen LogP) is 1.65. The number of nitrogens with one attached hydrogen (secondary N) is 1. The number of sulfonamides is 1. The van der Waals surface area contributed by atoms with E-state index in [0.717, 1.165) is 19.3 Å². The Bertz CT molecular complexity index is 945. The van der Waals surface area contributed by atoms with Gasteiger partial charge in [0.25, 0.3) is 5.91 Å². The van der Waals surface area contributed by atoms with Gasteiger partial charge in [-0.05, 0) is 47.0 Å². The molecule has 0 aliphatic carbocycles. The predicted molar refractivity (Wildman–Crippen MR) is 105 cm³/mol. The lowest BCUT2D eigenvalue weighted by molar-refractivity contribution is 0.0938. The Labute approximate surface area is 170 Å². The maximum Gasteiger partial charge on any atom is 0.273 e. The van der Waals surface area contributed by atoms with Gasteiger partial charge >= 0.3 is 0 Å². The van der Waals surface area contributed by atoms with E-state index in [1.807, 2.05) is 13.8 Å². The highest BCUT2D eigenvalue weighted by molar-refractivity contribution is 7.89. The number of piperidine rings is 1. The van der Waals surface area contributed by atoms with E-state index >= 15 is 0 Å². The molecule has 3 heterocycles. The normalized spacial score (nSPS) is 18.3. The summed E-state index contributed by atoms with van der Waals surface area (Å²) in [6.45, 7) is 7.95. The van der Waals surface area contributed by atoms with Crippen molar-refractivity contribution in [2.75, 3.05) is 6.54 Å². The Kier molecular flexibility index (Phi) is 6.37. The molecule has 2 aromatic heterocycles.